The Hall–Kier alpha value is -0.220. The summed E-state index contributed by atoms with van der Waals surface area (Å²) >= 11 is 7.74. The average Bonchev–Trinajstić information content (AvgIpc) is 2.23. The van der Waals surface area contributed by atoms with Gasteiger partial charge in [-0.15, -0.1) is 11.8 Å². The minimum atomic E-state index is 0.811. The third-order valence-electron chi connectivity index (χ3n) is 2.08. The highest BCUT2D eigenvalue weighted by Gasteiger charge is 1.95. The molecular weight excluding hydrogens is 240 g/mol. The molecule has 0 aliphatic heterocycles. The van der Waals surface area contributed by atoms with Crippen LogP contribution in [0.15, 0.2) is 29.2 Å². The third kappa shape index (κ3) is 6.38. The Labute approximate surface area is 107 Å². The highest BCUT2D eigenvalue weighted by atomic mass is 35.5. The Kier molecular flexibility index (Phi) is 6.88. The molecule has 0 amide bonds. The van der Waals surface area contributed by atoms with Gasteiger partial charge < -0.3 is 10.2 Å². The molecule has 0 atom stereocenters. The van der Waals surface area contributed by atoms with E-state index in [9.17, 15) is 0 Å². The molecule has 1 rings (SSSR count). The van der Waals surface area contributed by atoms with Gasteiger partial charge in [0.25, 0.3) is 0 Å². The first-order valence-corrected chi connectivity index (χ1v) is 6.78. The van der Waals surface area contributed by atoms with Gasteiger partial charge in [-0.3, -0.25) is 0 Å². The second-order valence-electron chi connectivity index (χ2n) is 3.86. The van der Waals surface area contributed by atoms with Gasteiger partial charge >= 0.3 is 0 Å². The fourth-order valence-corrected chi connectivity index (χ4v) is 2.35. The van der Waals surface area contributed by atoms with Gasteiger partial charge in [-0.05, 0) is 32.3 Å². The van der Waals surface area contributed by atoms with Gasteiger partial charge in [-0.25, -0.2) is 0 Å². The van der Waals surface area contributed by atoms with Crippen molar-refractivity contribution in [3.8, 4) is 0 Å². The van der Waals surface area contributed by atoms with Crippen molar-refractivity contribution in [2.75, 3.05) is 39.5 Å². The number of benzene rings is 1. The highest BCUT2D eigenvalue weighted by molar-refractivity contribution is 7.99. The normalized spacial score (nSPS) is 11.0. The van der Waals surface area contributed by atoms with Crippen LogP contribution in [0.5, 0.6) is 0 Å². The molecule has 0 fully saturated rings. The maximum atomic E-state index is 5.91. The Bertz CT molecular complexity index is 305. The number of nitrogens with one attached hydrogen (secondary N) is 1. The highest BCUT2D eigenvalue weighted by Crippen LogP contribution is 2.20. The topological polar surface area (TPSA) is 15.3 Å². The second kappa shape index (κ2) is 7.96. The lowest BCUT2D eigenvalue weighted by molar-refractivity contribution is 0.403. The van der Waals surface area contributed by atoms with E-state index in [1.165, 1.54) is 4.90 Å². The number of hydrogen-bond donors (Lipinski definition) is 1. The van der Waals surface area contributed by atoms with E-state index in [0.717, 1.165) is 30.4 Å². The lowest BCUT2D eigenvalue weighted by atomic mass is 10.4. The van der Waals surface area contributed by atoms with Crippen molar-refractivity contribution < 1.29 is 0 Å². The minimum Gasteiger partial charge on any atom is -0.315 e. The molecule has 16 heavy (non-hydrogen) atoms. The van der Waals surface area contributed by atoms with Gasteiger partial charge in [-0.1, -0.05) is 17.7 Å². The second-order valence-corrected chi connectivity index (χ2v) is 5.46. The molecule has 1 aromatic carbocycles. The summed E-state index contributed by atoms with van der Waals surface area (Å²) < 4.78 is 0. The van der Waals surface area contributed by atoms with Crippen molar-refractivity contribution in [3.63, 3.8) is 0 Å². The van der Waals surface area contributed by atoms with Gasteiger partial charge in [0, 0.05) is 35.3 Å². The van der Waals surface area contributed by atoms with E-state index in [1.807, 2.05) is 30.0 Å². The predicted octanol–water partition coefficient (Wildman–Crippen LogP) is 2.58. The summed E-state index contributed by atoms with van der Waals surface area (Å²) in [4.78, 5) is 3.42. The zero-order chi connectivity index (χ0) is 11.8. The predicted molar refractivity (Wildman–Crippen MR) is 73.6 cm³/mol. The van der Waals surface area contributed by atoms with Crippen LogP contribution >= 0.6 is 23.4 Å². The fourth-order valence-electron chi connectivity index (χ4n) is 1.23. The molecule has 0 unspecified atom stereocenters. The standard InChI is InChI=1S/C12H19ClN2S/c1-15(2)8-6-14-7-9-16-12-5-3-4-11(13)10-12/h3-5,10,14H,6-9H2,1-2H3. The van der Waals surface area contributed by atoms with Gasteiger partial charge in [0.05, 0.1) is 0 Å². The molecule has 0 radical (unpaired) electrons. The summed E-state index contributed by atoms with van der Waals surface area (Å²) in [7, 11) is 4.17. The molecule has 1 aromatic rings. The zero-order valence-corrected chi connectivity index (χ0v) is 11.4. The molecule has 0 saturated carbocycles. The van der Waals surface area contributed by atoms with Crippen molar-refractivity contribution in [1.29, 1.82) is 0 Å². The molecule has 0 aliphatic carbocycles. The lowest BCUT2D eigenvalue weighted by Gasteiger charge is -2.10. The molecule has 4 heteroatoms. The van der Waals surface area contributed by atoms with Crippen LogP contribution in [-0.4, -0.2) is 44.4 Å². The van der Waals surface area contributed by atoms with E-state index in [-0.39, 0.29) is 0 Å². The minimum absolute atomic E-state index is 0.811. The molecule has 0 aliphatic rings. The summed E-state index contributed by atoms with van der Waals surface area (Å²) in [6, 6.07) is 7.99. The van der Waals surface area contributed by atoms with Crippen LogP contribution in [0, 0.1) is 0 Å². The first kappa shape index (κ1) is 13.8. The quantitative estimate of drug-likeness (QED) is 0.598. The molecule has 1 N–H and O–H groups in total. The molecule has 0 spiro atoms. The van der Waals surface area contributed by atoms with Crippen LogP contribution in [0.3, 0.4) is 0 Å². The summed E-state index contributed by atoms with van der Waals surface area (Å²) in [6.07, 6.45) is 0. The first-order valence-electron chi connectivity index (χ1n) is 5.42. The van der Waals surface area contributed by atoms with Gasteiger partial charge in [0.2, 0.25) is 0 Å². The van der Waals surface area contributed by atoms with Crippen molar-refractivity contribution >= 4 is 23.4 Å². The van der Waals surface area contributed by atoms with Gasteiger partial charge in [-0.2, -0.15) is 0 Å². The van der Waals surface area contributed by atoms with Crippen LogP contribution in [0.25, 0.3) is 0 Å². The molecule has 0 aromatic heterocycles. The molecule has 0 saturated heterocycles. The van der Waals surface area contributed by atoms with Crippen LogP contribution in [0.2, 0.25) is 5.02 Å². The first-order chi connectivity index (χ1) is 7.68. The smallest absolute Gasteiger partial charge is 0.0417 e. The van der Waals surface area contributed by atoms with Gasteiger partial charge in [0.1, 0.15) is 0 Å². The maximum absolute atomic E-state index is 5.91. The third-order valence-corrected chi connectivity index (χ3v) is 3.31. The summed E-state index contributed by atoms with van der Waals surface area (Å²) in [5.41, 5.74) is 0. The van der Waals surface area contributed by atoms with Crippen LogP contribution in [0.1, 0.15) is 0 Å². The number of rotatable bonds is 7. The van der Waals surface area contributed by atoms with Crippen molar-refractivity contribution in [2.45, 2.75) is 4.90 Å². The van der Waals surface area contributed by atoms with E-state index < -0.39 is 0 Å². The summed E-state index contributed by atoms with van der Waals surface area (Å²) in [6.45, 7) is 3.16. The Balaban J connectivity index is 2.07. The van der Waals surface area contributed by atoms with Crippen molar-refractivity contribution in [2.24, 2.45) is 0 Å². The lowest BCUT2D eigenvalue weighted by Crippen LogP contribution is -2.27. The van der Waals surface area contributed by atoms with E-state index in [1.54, 1.807) is 0 Å². The number of hydrogen-bond acceptors (Lipinski definition) is 3. The monoisotopic (exact) mass is 258 g/mol. The SMILES string of the molecule is CN(C)CCNCCSc1cccc(Cl)c1. The number of nitrogens with zero attached hydrogens (tertiary/aromatic N) is 1. The Morgan fingerprint density at radius 2 is 2.12 bits per heavy atom. The molecule has 0 bridgehead atoms. The van der Waals surface area contributed by atoms with E-state index in [4.69, 9.17) is 11.6 Å². The largest absolute Gasteiger partial charge is 0.315 e. The van der Waals surface area contributed by atoms with E-state index in [2.05, 4.69) is 30.4 Å². The van der Waals surface area contributed by atoms with Crippen molar-refractivity contribution in [3.05, 3.63) is 29.3 Å². The average molecular weight is 259 g/mol. The van der Waals surface area contributed by atoms with Gasteiger partial charge in [0.15, 0.2) is 0 Å². The Morgan fingerprint density at radius 3 is 2.81 bits per heavy atom. The van der Waals surface area contributed by atoms with Crippen LogP contribution in [0.4, 0.5) is 0 Å². The number of thioether (sulfide) groups is 1. The molecule has 90 valence electrons. The van der Waals surface area contributed by atoms with Crippen molar-refractivity contribution in [1.82, 2.24) is 10.2 Å². The zero-order valence-electron chi connectivity index (χ0n) is 9.87. The van der Waals surface area contributed by atoms with Crippen LogP contribution in [-0.2, 0) is 0 Å². The summed E-state index contributed by atoms with van der Waals surface area (Å²) in [5, 5.41) is 4.22. The van der Waals surface area contributed by atoms with E-state index >= 15 is 0 Å². The molecular formula is C12H19ClN2S. The number of halogens is 1. The molecule has 2 nitrogen and oxygen atoms in total. The van der Waals surface area contributed by atoms with Crippen LogP contribution < -0.4 is 5.32 Å². The summed E-state index contributed by atoms with van der Waals surface area (Å²) in [5.74, 6) is 1.08. The number of likely N-dealkylation sites (N-methyl/N-ethyl adjacent to an activating group) is 1. The maximum Gasteiger partial charge on any atom is 0.0417 e. The molecule has 0 heterocycles. The van der Waals surface area contributed by atoms with E-state index in [0.29, 0.717) is 0 Å². The fraction of sp³-hybridized carbons (Fsp3) is 0.500. The Morgan fingerprint density at radius 1 is 1.31 bits per heavy atom.